The van der Waals surface area contributed by atoms with Gasteiger partial charge in [0.2, 0.25) is 5.91 Å². The maximum absolute atomic E-state index is 12.6. The largest absolute Gasteiger partial charge is 0.340 e. The van der Waals surface area contributed by atoms with Gasteiger partial charge in [-0.3, -0.25) is 4.79 Å². The highest BCUT2D eigenvalue weighted by Gasteiger charge is 2.29. The van der Waals surface area contributed by atoms with Gasteiger partial charge in [0.1, 0.15) is 17.9 Å². The van der Waals surface area contributed by atoms with Crippen LogP contribution in [0.5, 0.6) is 0 Å². The fourth-order valence-corrected chi connectivity index (χ4v) is 3.12. The lowest BCUT2D eigenvalue weighted by Gasteiger charge is -2.16. The van der Waals surface area contributed by atoms with E-state index in [0.29, 0.717) is 6.54 Å². The van der Waals surface area contributed by atoms with Crippen LogP contribution in [-0.4, -0.2) is 48.9 Å². The van der Waals surface area contributed by atoms with Gasteiger partial charge in [-0.15, -0.1) is 5.10 Å². The topological polar surface area (TPSA) is 76.8 Å². The van der Waals surface area contributed by atoms with E-state index < -0.39 is 0 Å². The van der Waals surface area contributed by atoms with E-state index in [1.807, 2.05) is 42.2 Å². The number of benzene rings is 1. The molecule has 0 spiro atoms. The molecule has 1 fully saturated rings. The third-order valence-corrected chi connectivity index (χ3v) is 4.42. The second-order valence-electron chi connectivity index (χ2n) is 6.12. The number of rotatable bonds is 3. The van der Waals surface area contributed by atoms with Crippen LogP contribution in [0.4, 0.5) is 0 Å². The summed E-state index contributed by atoms with van der Waals surface area (Å²) in [6.07, 6.45) is 2.68. The quantitative estimate of drug-likeness (QED) is 0.731. The predicted molar refractivity (Wildman–Crippen MR) is 88.2 cm³/mol. The molecule has 3 heterocycles. The highest BCUT2D eigenvalue weighted by atomic mass is 16.2. The first kappa shape index (κ1) is 14.7. The summed E-state index contributed by atoms with van der Waals surface area (Å²) in [4.78, 5) is 23.3. The van der Waals surface area contributed by atoms with Crippen LogP contribution >= 0.6 is 0 Å². The highest BCUT2D eigenvalue weighted by Crippen LogP contribution is 2.25. The zero-order valence-corrected chi connectivity index (χ0v) is 13.5. The molecule has 4 rings (SSSR count). The minimum atomic E-state index is 0.0563. The smallest absolute Gasteiger partial charge is 0.244 e. The van der Waals surface area contributed by atoms with Gasteiger partial charge in [0.25, 0.3) is 0 Å². The molecule has 1 aliphatic heterocycles. The molecule has 122 valence electrons. The van der Waals surface area contributed by atoms with E-state index in [4.69, 9.17) is 0 Å². The molecule has 2 aromatic heterocycles. The van der Waals surface area contributed by atoms with E-state index >= 15 is 0 Å². The van der Waals surface area contributed by atoms with Gasteiger partial charge in [-0.25, -0.2) is 14.6 Å². The van der Waals surface area contributed by atoms with Crippen molar-refractivity contribution in [3.05, 3.63) is 48.0 Å². The number of fused-ring (bicyclic) bond motifs is 1. The molecule has 1 unspecified atom stereocenters. The van der Waals surface area contributed by atoms with Crippen LogP contribution < -0.4 is 0 Å². The number of aryl methyl sites for hydroxylation is 1. The Morgan fingerprint density at radius 2 is 2.17 bits per heavy atom. The molecular weight excluding hydrogens is 304 g/mol. The number of para-hydroxylation sites is 1. The second-order valence-corrected chi connectivity index (χ2v) is 6.12. The third kappa shape index (κ3) is 2.73. The molecule has 1 amide bonds. The molecule has 1 saturated heterocycles. The van der Waals surface area contributed by atoms with Gasteiger partial charge < -0.3 is 4.90 Å². The maximum Gasteiger partial charge on any atom is 0.244 e. The van der Waals surface area contributed by atoms with Crippen LogP contribution in [0.25, 0.3) is 11.0 Å². The van der Waals surface area contributed by atoms with Crippen molar-refractivity contribution in [1.82, 2.24) is 29.9 Å². The zero-order valence-electron chi connectivity index (χ0n) is 13.5. The monoisotopic (exact) mass is 322 g/mol. The summed E-state index contributed by atoms with van der Waals surface area (Å²) >= 11 is 0. The van der Waals surface area contributed by atoms with Gasteiger partial charge in [0.15, 0.2) is 0 Å². The minimum Gasteiger partial charge on any atom is -0.340 e. The van der Waals surface area contributed by atoms with E-state index in [1.165, 1.54) is 0 Å². The molecule has 0 N–H and O–H groups in total. The Morgan fingerprint density at radius 1 is 1.29 bits per heavy atom. The summed E-state index contributed by atoms with van der Waals surface area (Å²) in [6.45, 7) is 3.56. The maximum atomic E-state index is 12.6. The van der Waals surface area contributed by atoms with Gasteiger partial charge in [-0.1, -0.05) is 17.3 Å². The van der Waals surface area contributed by atoms with Gasteiger partial charge >= 0.3 is 0 Å². The van der Waals surface area contributed by atoms with Crippen LogP contribution in [0.1, 0.15) is 23.9 Å². The molecule has 7 nitrogen and oxygen atoms in total. The Bertz CT molecular complexity index is 889. The van der Waals surface area contributed by atoms with Crippen LogP contribution in [0.2, 0.25) is 0 Å². The third-order valence-electron chi connectivity index (χ3n) is 4.42. The van der Waals surface area contributed by atoms with Gasteiger partial charge in [0.05, 0.1) is 5.52 Å². The van der Waals surface area contributed by atoms with Crippen molar-refractivity contribution in [2.75, 3.05) is 13.1 Å². The lowest BCUT2D eigenvalue weighted by atomic mass is 10.1. The summed E-state index contributed by atoms with van der Waals surface area (Å²) in [5.74, 6) is 1.10. The lowest BCUT2D eigenvalue weighted by molar-refractivity contribution is -0.130. The molecule has 7 heteroatoms. The van der Waals surface area contributed by atoms with Crippen LogP contribution in [-0.2, 0) is 11.3 Å². The lowest BCUT2D eigenvalue weighted by Crippen LogP contribution is -2.32. The Hall–Kier alpha value is -2.83. The van der Waals surface area contributed by atoms with Crippen LogP contribution in [0.3, 0.4) is 0 Å². The van der Waals surface area contributed by atoms with E-state index in [1.54, 1.807) is 10.9 Å². The molecular formula is C17H18N6O. The average Bonchev–Trinajstić information content (AvgIpc) is 3.23. The fraction of sp³-hybridized carbons (Fsp3) is 0.353. The average molecular weight is 322 g/mol. The molecule has 1 atom stereocenters. The number of amides is 1. The summed E-state index contributed by atoms with van der Waals surface area (Å²) in [7, 11) is 0. The van der Waals surface area contributed by atoms with Crippen molar-refractivity contribution < 1.29 is 4.79 Å². The molecule has 0 aliphatic carbocycles. The molecule has 0 bridgehead atoms. The fourth-order valence-electron chi connectivity index (χ4n) is 3.12. The molecule has 24 heavy (non-hydrogen) atoms. The van der Waals surface area contributed by atoms with E-state index in [0.717, 1.165) is 35.5 Å². The summed E-state index contributed by atoms with van der Waals surface area (Å²) < 4.78 is 1.66. The first-order valence-corrected chi connectivity index (χ1v) is 8.06. The van der Waals surface area contributed by atoms with Crippen molar-refractivity contribution in [2.45, 2.75) is 25.8 Å². The number of carbonyl (C=O) groups excluding carboxylic acids is 1. The van der Waals surface area contributed by atoms with Crippen molar-refractivity contribution in [2.24, 2.45) is 0 Å². The number of nitrogens with zero attached hydrogens (tertiary/aromatic N) is 6. The summed E-state index contributed by atoms with van der Waals surface area (Å²) in [5, 5.41) is 8.18. The Kier molecular flexibility index (Phi) is 3.68. The summed E-state index contributed by atoms with van der Waals surface area (Å²) in [6, 6.07) is 9.54. The summed E-state index contributed by atoms with van der Waals surface area (Å²) in [5.41, 5.74) is 2.64. The van der Waals surface area contributed by atoms with Crippen molar-refractivity contribution >= 4 is 16.9 Å². The Morgan fingerprint density at radius 3 is 3.04 bits per heavy atom. The zero-order chi connectivity index (χ0) is 16.5. The highest BCUT2D eigenvalue weighted by molar-refractivity contribution is 5.80. The molecule has 0 radical (unpaired) electrons. The number of hydrogen-bond donors (Lipinski definition) is 0. The Labute approximate surface area is 139 Å². The van der Waals surface area contributed by atoms with Crippen molar-refractivity contribution in [1.29, 1.82) is 0 Å². The number of likely N-dealkylation sites (tertiary alicyclic amines) is 1. The molecule has 1 aliphatic rings. The van der Waals surface area contributed by atoms with E-state index in [2.05, 4.69) is 20.3 Å². The Balaban J connectivity index is 1.46. The normalized spacial score (nSPS) is 17.5. The van der Waals surface area contributed by atoms with Gasteiger partial charge in [-0.2, -0.15) is 0 Å². The van der Waals surface area contributed by atoms with Gasteiger partial charge in [0, 0.05) is 30.9 Å². The molecule has 1 aromatic carbocycles. The number of hydrogen-bond acceptors (Lipinski definition) is 5. The van der Waals surface area contributed by atoms with E-state index in [-0.39, 0.29) is 18.4 Å². The SMILES string of the molecule is Cc1ccnc(C2CCN(C(=O)Cn3nnc4ccccc43)C2)n1. The first-order valence-electron chi connectivity index (χ1n) is 8.06. The van der Waals surface area contributed by atoms with E-state index in [9.17, 15) is 4.79 Å². The van der Waals surface area contributed by atoms with Crippen LogP contribution in [0.15, 0.2) is 36.5 Å². The van der Waals surface area contributed by atoms with Gasteiger partial charge in [-0.05, 0) is 31.5 Å². The minimum absolute atomic E-state index is 0.0563. The predicted octanol–water partition coefficient (Wildman–Crippen LogP) is 1.55. The molecule has 3 aromatic rings. The van der Waals surface area contributed by atoms with Crippen LogP contribution in [0, 0.1) is 6.92 Å². The van der Waals surface area contributed by atoms with Crippen molar-refractivity contribution in [3.8, 4) is 0 Å². The molecule has 0 saturated carbocycles. The number of carbonyl (C=O) groups is 1. The first-order chi connectivity index (χ1) is 11.7. The number of aromatic nitrogens is 5. The van der Waals surface area contributed by atoms with Crippen molar-refractivity contribution in [3.63, 3.8) is 0 Å². The second kappa shape index (κ2) is 5.99. The standard InChI is InChI=1S/C17H18N6O/c1-12-6-8-18-17(19-12)13-7-9-22(10-13)16(24)11-23-15-5-3-2-4-14(15)20-21-23/h2-6,8,13H,7,9-11H2,1H3.